The average Bonchev–Trinajstić information content (AvgIpc) is 3.73. The van der Waals surface area contributed by atoms with E-state index in [4.69, 9.17) is 16.7 Å². The van der Waals surface area contributed by atoms with Gasteiger partial charge in [-0.05, 0) is 95.6 Å². The molecule has 0 spiro atoms. The molecule has 5 nitrogen and oxygen atoms in total. The maximum atomic E-state index is 14.2. The highest BCUT2D eigenvalue weighted by Crippen LogP contribution is 2.42. The van der Waals surface area contributed by atoms with Crippen molar-refractivity contribution in [3.8, 4) is 11.1 Å². The Hall–Kier alpha value is -4.49. The molecule has 2 N–H and O–H groups in total. The van der Waals surface area contributed by atoms with Gasteiger partial charge >= 0.3 is 5.97 Å². The van der Waals surface area contributed by atoms with Gasteiger partial charge in [0.1, 0.15) is 11.6 Å². The third kappa shape index (κ3) is 5.72. The number of nitrogens with one attached hydrogen (secondary N) is 1. The van der Waals surface area contributed by atoms with E-state index < -0.39 is 17.6 Å². The second-order valence-electron chi connectivity index (χ2n) is 10.4. The number of fused-ring (bicyclic) bond motifs is 1. The zero-order chi connectivity index (χ0) is 28.7. The number of aromatic nitrogens is 1. The minimum Gasteiger partial charge on any atom is -0.478 e. The van der Waals surface area contributed by atoms with E-state index in [1.54, 1.807) is 18.2 Å². The van der Waals surface area contributed by atoms with Crippen LogP contribution in [0.5, 0.6) is 0 Å². The molecule has 8 heteroatoms. The lowest BCUT2D eigenvalue weighted by Crippen LogP contribution is -2.23. The standard InChI is InChI=1S/C33H25ClF2N2O3/c34-25-3-1-2-20(11-25)10-24-18-38(28-8-9-28)30-15-23(22-12-26(35)16-27(36)13-22)14-29(31(24)30)32(39)37-17-19-4-6-21(7-5-19)33(40)41/h1-7,11-16,18,28H,8-10,17H2,(H,37,39)(H,40,41). The van der Waals surface area contributed by atoms with Crippen molar-refractivity contribution in [3.05, 3.63) is 130 Å². The van der Waals surface area contributed by atoms with Gasteiger partial charge in [-0.3, -0.25) is 4.79 Å². The number of carboxylic acid groups (broad SMARTS) is 1. The molecule has 1 aliphatic rings. The Morgan fingerprint density at radius 2 is 1.61 bits per heavy atom. The number of hydrogen-bond acceptors (Lipinski definition) is 2. The zero-order valence-electron chi connectivity index (χ0n) is 21.8. The van der Waals surface area contributed by atoms with Crippen LogP contribution in [-0.4, -0.2) is 21.6 Å². The molecular weight excluding hydrogens is 546 g/mol. The van der Waals surface area contributed by atoms with Crippen molar-refractivity contribution >= 4 is 34.4 Å². The van der Waals surface area contributed by atoms with E-state index in [2.05, 4.69) is 16.1 Å². The van der Waals surface area contributed by atoms with E-state index in [0.29, 0.717) is 28.1 Å². The largest absolute Gasteiger partial charge is 0.478 e. The Bertz CT molecular complexity index is 1790. The predicted molar refractivity (Wildman–Crippen MR) is 154 cm³/mol. The second-order valence-corrected chi connectivity index (χ2v) is 10.8. The van der Waals surface area contributed by atoms with Gasteiger partial charge in [0.2, 0.25) is 0 Å². The number of carbonyl (C=O) groups is 2. The lowest BCUT2D eigenvalue weighted by atomic mass is 9.95. The highest BCUT2D eigenvalue weighted by atomic mass is 35.5. The lowest BCUT2D eigenvalue weighted by Gasteiger charge is -2.13. The molecule has 6 rings (SSSR count). The van der Waals surface area contributed by atoms with Gasteiger partial charge in [0.15, 0.2) is 0 Å². The molecule has 1 fully saturated rings. The van der Waals surface area contributed by atoms with Crippen molar-refractivity contribution in [1.82, 2.24) is 9.88 Å². The van der Waals surface area contributed by atoms with Crippen LogP contribution in [0.1, 0.15) is 56.3 Å². The van der Waals surface area contributed by atoms with Gasteiger partial charge in [0, 0.05) is 46.3 Å². The molecule has 0 unspecified atom stereocenters. The summed E-state index contributed by atoms with van der Waals surface area (Å²) in [5.41, 5.74) is 4.91. The van der Waals surface area contributed by atoms with Gasteiger partial charge in [-0.2, -0.15) is 0 Å². The molecule has 0 atom stereocenters. The maximum absolute atomic E-state index is 14.2. The van der Waals surface area contributed by atoms with Gasteiger partial charge in [-0.1, -0.05) is 35.9 Å². The fraction of sp³-hybridized carbons (Fsp3) is 0.152. The Labute approximate surface area is 240 Å². The first-order chi connectivity index (χ1) is 19.7. The lowest BCUT2D eigenvalue weighted by molar-refractivity contribution is 0.0696. The predicted octanol–water partition coefficient (Wildman–Crippen LogP) is 7.79. The van der Waals surface area contributed by atoms with Crippen LogP contribution < -0.4 is 5.32 Å². The van der Waals surface area contributed by atoms with E-state index in [0.717, 1.165) is 46.5 Å². The number of nitrogens with zero attached hydrogens (tertiary/aromatic N) is 1. The van der Waals surface area contributed by atoms with Crippen LogP contribution in [0.25, 0.3) is 22.0 Å². The third-order valence-corrected chi connectivity index (χ3v) is 7.57. The van der Waals surface area contributed by atoms with Gasteiger partial charge < -0.3 is 15.0 Å². The average molecular weight is 571 g/mol. The summed E-state index contributed by atoms with van der Waals surface area (Å²) in [5.74, 6) is -2.77. The molecule has 0 aliphatic heterocycles. The molecule has 1 amide bonds. The second kappa shape index (κ2) is 10.8. The molecule has 1 heterocycles. The summed E-state index contributed by atoms with van der Waals surface area (Å²) >= 11 is 6.25. The number of amides is 1. The van der Waals surface area contributed by atoms with Gasteiger partial charge in [-0.15, -0.1) is 0 Å². The quantitative estimate of drug-likeness (QED) is 0.200. The number of hydrogen-bond donors (Lipinski definition) is 2. The first-order valence-corrected chi connectivity index (χ1v) is 13.6. The third-order valence-electron chi connectivity index (χ3n) is 7.33. The van der Waals surface area contributed by atoms with E-state index in [-0.39, 0.29) is 24.1 Å². The molecule has 1 aromatic heterocycles. The molecule has 41 heavy (non-hydrogen) atoms. The Kier molecular flexibility index (Phi) is 7.05. The first-order valence-electron chi connectivity index (χ1n) is 13.2. The summed E-state index contributed by atoms with van der Waals surface area (Å²) < 4.78 is 30.6. The minimum absolute atomic E-state index is 0.156. The van der Waals surface area contributed by atoms with Crippen molar-refractivity contribution in [2.45, 2.75) is 31.8 Å². The van der Waals surface area contributed by atoms with Crippen molar-refractivity contribution in [1.29, 1.82) is 0 Å². The molecule has 0 bridgehead atoms. The van der Waals surface area contributed by atoms with Crippen molar-refractivity contribution < 1.29 is 23.5 Å². The zero-order valence-corrected chi connectivity index (χ0v) is 22.6. The summed E-state index contributed by atoms with van der Waals surface area (Å²) in [7, 11) is 0. The van der Waals surface area contributed by atoms with Crippen LogP contribution in [0.4, 0.5) is 8.78 Å². The molecule has 206 valence electrons. The van der Waals surface area contributed by atoms with E-state index >= 15 is 0 Å². The number of benzene rings is 4. The monoisotopic (exact) mass is 570 g/mol. The van der Waals surface area contributed by atoms with Gasteiger partial charge in [0.05, 0.1) is 5.56 Å². The molecule has 5 aromatic rings. The van der Waals surface area contributed by atoms with Gasteiger partial charge in [-0.25, -0.2) is 13.6 Å². The van der Waals surface area contributed by atoms with E-state index in [1.807, 2.05) is 30.3 Å². The number of aromatic carboxylic acids is 1. The van der Waals surface area contributed by atoms with Crippen molar-refractivity contribution in [3.63, 3.8) is 0 Å². The van der Waals surface area contributed by atoms with Crippen molar-refractivity contribution in [2.24, 2.45) is 0 Å². The molecule has 0 saturated heterocycles. The molecule has 1 aliphatic carbocycles. The van der Waals surface area contributed by atoms with Crippen LogP contribution in [0.15, 0.2) is 85.1 Å². The molecular formula is C33H25ClF2N2O3. The summed E-state index contributed by atoms with van der Waals surface area (Å²) in [6, 6.07) is 21.0. The Morgan fingerprint density at radius 1 is 0.902 bits per heavy atom. The Morgan fingerprint density at radius 3 is 2.27 bits per heavy atom. The van der Waals surface area contributed by atoms with Gasteiger partial charge in [0.25, 0.3) is 5.91 Å². The van der Waals surface area contributed by atoms with Crippen LogP contribution in [0, 0.1) is 11.6 Å². The van der Waals surface area contributed by atoms with Crippen LogP contribution in [0.2, 0.25) is 5.02 Å². The maximum Gasteiger partial charge on any atom is 0.335 e. The van der Waals surface area contributed by atoms with Crippen LogP contribution in [0.3, 0.4) is 0 Å². The Balaban J connectivity index is 1.46. The highest BCUT2D eigenvalue weighted by molar-refractivity contribution is 6.30. The fourth-order valence-electron chi connectivity index (χ4n) is 5.23. The minimum atomic E-state index is -1.03. The summed E-state index contributed by atoms with van der Waals surface area (Å²) in [4.78, 5) is 25.0. The van der Waals surface area contributed by atoms with Crippen LogP contribution in [-0.2, 0) is 13.0 Å². The van der Waals surface area contributed by atoms with E-state index in [9.17, 15) is 18.4 Å². The smallest absolute Gasteiger partial charge is 0.335 e. The number of halogens is 3. The summed E-state index contributed by atoms with van der Waals surface area (Å²) in [6.45, 7) is 0.173. The normalized spacial score (nSPS) is 13.0. The fourth-order valence-corrected chi connectivity index (χ4v) is 5.45. The first kappa shape index (κ1) is 26.7. The van der Waals surface area contributed by atoms with E-state index in [1.165, 1.54) is 24.3 Å². The topological polar surface area (TPSA) is 71.3 Å². The number of carboxylic acids is 1. The SMILES string of the molecule is O=C(O)c1ccc(CNC(=O)c2cc(-c3cc(F)cc(F)c3)cc3c2c(Cc2cccc(Cl)c2)cn3C2CC2)cc1. The van der Waals surface area contributed by atoms with Crippen LogP contribution >= 0.6 is 11.6 Å². The summed E-state index contributed by atoms with van der Waals surface area (Å²) in [6.07, 6.45) is 4.63. The highest BCUT2D eigenvalue weighted by Gasteiger charge is 2.28. The number of carbonyl (C=O) groups excluding carboxylic acids is 1. The van der Waals surface area contributed by atoms with Crippen molar-refractivity contribution in [2.75, 3.05) is 0 Å². The number of rotatable bonds is 8. The molecule has 4 aromatic carbocycles. The molecule has 0 radical (unpaired) electrons. The molecule has 1 saturated carbocycles. The summed E-state index contributed by atoms with van der Waals surface area (Å²) in [5, 5.41) is 13.5.